The van der Waals surface area contributed by atoms with Gasteiger partial charge in [0.15, 0.2) is 5.78 Å². The van der Waals surface area contributed by atoms with Gasteiger partial charge in [0.25, 0.3) is 0 Å². The fourth-order valence-electron chi connectivity index (χ4n) is 5.10. The van der Waals surface area contributed by atoms with Gasteiger partial charge in [-0.3, -0.25) is 14.6 Å². The second kappa shape index (κ2) is 9.54. The molecule has 0 bridgehead atoms. The highest BCUT2D eigenvalue weighted by atomic mass is 32.1. The van der Waals surface area contributed by atoms with Gasteiger partial charge in [-0.15, -0.1) is 11.3 Å². The maximum atomic E-state index is 14.1. The lowest BCUT2D eigenvalue weighted by Crippen LogP contribution is -2.48. The van der Waals surface area contributed by atoms with Crippen LogP contribution in [0.3, 0.4) is 0 Å². The van der Waals surface area contributed by atoms with Gasteiger partial charge in [-0.25, -0.2) is 4.79 Å². The lowest BCUT2D eigenvalue weighted by molar-refractivity contribution is -0.151. The SMILES string of the molecule is COC(=O)C1=C(C)N=C2C[C@H](c3ccc(OC)cc3)[C@H](C(=O)OC)C(=O)C2[C@@H]1c1sccc1C. The Kier molecular flexibility index (Phi) is 6.70. The molecule has 1 aromatic heterocycles. The first kappa shape index (κ1) is 23.9. The molecule has 2 aromatic rings. The number of carbonyl (C=O) groups excluding carboxylic acids is 3. The van der Waals surface area contributed by atoms with Crippen LogP contribution in [0.1, 0.15) is 41.2 Å². The number of carbonyl (C=O) groups is 3. The molecule has 1 aliphatic carbocycles. The lowest BCUT2D eigenvalue weighted by Gasteiger charge is -2.40. The van der Waals surface area contributed by atoms with Crippen molar-refractivity contribution in [2.45, 2.75) is 32.1 Å². The standard InChI is InChI=1S/C26H27NO6S/c1-13-10-11-34-24(13)22-19(25(29)32-4)14(2)27-18-12-17(15-6-8-16(31-3)9-7-15)20(26(30)33-5)23(28)21(18)22/h6-11,17,20-22H,12H2,1-5H3/t17-,20+,21?,22-/m1/s1. The first-order chi connectivity index (χ1) is 16.3. The van der Waals surface area contributed by atoms with Crippen LogP contribution >= 0.6 is 11.3 Å². The van der Waals surface area contributed by atoms with E-state index in [4.69, 9.17) is 19.2 Å². The van der Waals surface area contributed by atoms with Crippen molar-refractivity contribution in [2.75, 3.05) is 21.3 Å². The van der Waals surface area contributed by atoms with Crippen LogP contribution in [0.25, 0.3) is 0 Å². The van der Waals surface area contributed by atoms with Gasteiger partial charge in [0.2, 0.25) is 0 Å². The molecule has 1 aromatic carbocycles. The number of hydrogen-bond acceptors (Lipinski definition) is 8. The highest BCUT2D eigenvalue weighted by Crippen LogP contribution is 2.49. The minimum absolute atomic E-state index is 0.288. The fourth-order valence-corrected chi connectivity index (χ4v) is 6.18. The predicted octanol–water partition coefficient (Wildman–Crippen LogP) is 4.21. The van der Waals surface area contributed by atoms with Gasteiger partial charge in [-0.05, 0) is 55.0 Å². The van der Waals surface area contributed by atoms with Crippen LogP contribution in [0, 0.1) is 18.8 Å². The molecule has 34 heavy (non-hydrogen) atoms. The maximum absolute atomic E-state index is 14.1. The molecule has 178 valence electrons. The maximum Gasteiger partial charge on any atom is 0.336 e. The molecular weight excluding hydrogens is 454 g/mol. The molecule has 2 heterocycles. The zero-order valence-electron chi connectivity index (χ0n) is 19.8. The second-order valence-corrected chi connectivity index (χ2v) is 9.45. The summed E-state index contributed by atoms with van der Waals surface area (Å²) < 4.78 is 15.4. The van der Waals surface area contributed by atoms with Crippen LogP contribution < -0.4 is 4.74 Å². The normalized spacial score (nSPS) is 24.3. The smallest absolute Gasteiger partial charge is 0.336 e. The van der Waals surface area contributed by atoms with E-state index in [2.05, 4.69) is 0 Å². The average Bonchev–Trinajstić information content (AvgIpc) is 3.27. The monoisotopic (exact) mass is 481 g/mol. The molecule has 1 unspecified atom stereocenters. The van der Waals surface area contributed by atoms with E-state index >= 15 is 0 Å². The number of allylic oxidation sites excluding steroid dienone is 1. The zero-order valence-corrected chi connectivity index (χ0v) is 20.6. The molecule has 0 spiro atoms. The van der Waals surface area contributed by atoms with E-state index in [1.54, 1.807) is 26.2 Å². The molecule has 1 saturated carbocycles. The Labute approximate surface area is 202 Å². The minimum atomic E-state index is -1.01. The molecule has 0 radical (unpaired) electrons. The largest absolute Gasteiger partial charge is 0.497 e. The van der Waals surface area contributed by atoms with E-state index in [9.17, 15) is 14.4 Å². The van der Waals surface area contributed by atoms with Crippen molar-refractivity contribution in [1.29, 1.82) is 0 Å². The summed E-state index contributed by atoms with van der Waals surface area (Å²) in [5, 5.41) is 1.94. The van der Waals surface area contributed by atoms with Crippen LogP contribution in [-0.2, 0) is 23.9 Å². The van der Waals surface area contributed by atoms with E-state index in [0.717, 1.165) is 16.0 Å². The summed E-state index contributed by atoms with van der Waals surface area (Å²) in [5.41, 5.74) is 3.38. The number of ketones is 1. The second-order valence-electron chi connectivity index (χ2n) is 8.50. The zero-order chi connectivity index (χ0) is 24.6. The Morgan fingerprint density at radius 3 is 2.26 bits per heavy atom. The van der Waals surface area contributed by atoms with Crippen LogP contribution in [0.4, 0.5) is 0 Å². The first-order valence-electron chi connectivity index (χ1n) is 11.0. The van der Waals surface area contributed by atoms with Gasteiger partial charge >= 0.3 is 11.9 Å². The summed E-state index contributed by atoms with van der Waals surface area (Å²) in [7, 11) is 4.19. The predicted molar refractivity (Wildman–Crippen MR) is 128 cm³/mol. The molecular formula is C26H27NO6S. The van der Waals surface area contributed by atoms with Crippen molar-refractivity contribution >= 4 is 34.8 Å². The average molecular weight is 482 g/mol. The van der Waals surface area contributed by atoms with Gasteiger partial charge in [0.05, 0.1) is 32.8 Å². The van der Waals surface area contributed by atoms with Gasteiger partial charge < -0.3 is 14.2 Å². The third-order valence-electron chi connectivity index (χ3n) is 6.74. The minimum Gasteiger partial charge on any atom is -0.497 e. The number of methoxy groups -OCH3 is 3. The van der Waals surface area contributed by atoms with Gasteiger partial charge in [-0.2, -0.15) is 0 Å². The Balaban J connectivity index is 1.88. The number of rotatable bonds is 5. The fraction of sp³-hybridized carbons (Fsp3) is 0.385. The van der Waals surface area contributed by atoms with E-state index < -0.39 is 35.6 Å². The van der Waals surface area contributed by atoms with E-state index in [-0.39, 0.29) is 5.78 Å². The molecule has 8 heteroatoms. The molecule has 4 atom stereocenters. The Morgan fingerprint density at radius 1 is 1.00 bits per heavy atom. The van der Waals surface area contributed by atoms with E-state index in [1.165, 1.54) is 25.6 Å². The Bertz CT molecular complexity index is 1190. The molecule has 1 fully saturated rings. The third kappa shape index (κ3) is 3.96. The molecule has 7 nitrogen and oxygen atoms in total. The summed E-state index contributed by atoms with van der Waals surface area (Å²) in [6.07, 6.45) is 0.398. The molecule has 0 N–H and O–H groups in total. The van der Waals surface area contributed by atoms with Gasteiger partial charge in [-0.1, -0.05) is 12.1 Å². The Hall–Kier alpha value is -3.26. The number of esters is 2. The number of benzene rings is 1. The van der Waals surface area contributed by atoms with Crippen molar-refractivity contribution in [1.82, 2.24) is 0 Å². The first-order valence-corrected chi connectivity index (χ1v) is 11.9. The molecule has 4 rings (SSSR count). The number of nitrogens with zero attached hydrogens (tertiary/aromatic N) is 1. The number of thiophene rings is 1. The topological polar surface area (TPSA) is 91.3 Å². The summed E-state index contributed by atoms with van der Waals surface area (Å²) in [4.78, 5) is 45.5. The molecule has 2 aliphatic rings. The number of aryl methyl sites for hydroxylation is 1. The van der Waals surface area contributed by atoms with Crippen molar-refractivity contribution in [3.63, 3.8) is 0 Å². The lowest BCUT2D eigenvalue weighted by atomic mass is 9.63. The number of aliphatic imine (C=N–C) groups is 1. The van der Waals surface area contributed by atoms with Gasteiger partial charge in [0.1, 0.15) is 11.7 Å². The molecule has 0 amide bonds. The quantitative estimate of drug-likeness (QED) is 0.469. The third-order valence-corrected chi connectivity index (χ3v) is 7.84. The van der Waals surface area contributed by atoms with Crippen molar-refractivity contribution in [3.8, 4) is 5.75 Å². The Morgan fingerprint density at radius 2 is 1.71 bits per heavy atom. The number of Topliss-reactive ketones (excluding diaryl/α,β-unsaturated/α-hetero) is 1. The highest BCUT2D eigenvalue weighted by Gasteiger charge is 2.53. The van der Waals surface area contributed by atoms with E-state index in [0.29, 0.717) is 29.2 Å². The highest BCUT2D eigenvalue weighted by molar-refractivity contribution is 7.10. The van der Waals surface area contributed by atoms with Crippen LogP contribution in [-0.4, -0.2) is 44.8 Å². The number of hydrogen-bond donors (Lipinski definition) is 0. The summed E-state index contributed by atoms with van der Waals surface area (Å²) in [6, 6.07) is 9.29. The van der Waals surface area contributed by atoms with E-state index in [1.807, 2.05) is 30.5 Å². The van der Waals surface area contributed by atoms with Crippen LogP contribution in [0.2, 0.25) is 0 Å². The number of ether oxygens (including phenoxy) is 3. The van der Waals surface area contributed by atoms with Crippen LogP contribution in [0.5, 0.6) is 5.75 Å². The molecule has 0 saturated heterocycles. The summed E-state index contributed by atoms with van der Waals surface area (Å²) in [5.74, 6) is -3.45. The number of fused-ring (bicyclic) bond motifs is 1. The van der Waals surface area contributed by atoms with Crippen molar-refractivity contribution < 1.29 is 28.6 Å². The van der Waals surface area contributed by atoms with Crippen molar-refractivity contribution in [3.05, 3.63) is 63.0 Å². The summed E-state index contributed by atoms with van der Waals surface area (Å²) in [6.45, 7) is 3.72. The van der Waals surface area contributed by atoms with Gasteiger partial charge in [0, 0.05) is 28.1 Å². The summed E-state index contributed by atoms with van der Waals surface area (Å²) >= 11 is 1.48. The van der Waals surface area contributed by atoms with Crippen molar-refractivity contribution in [2.24, 2.45) is 16.8 Å². The van der Waals surface area contributed by atoms with Crippen LogP contribution in [0.15, 0.2) is 52.0 Å². The molecule has 1 aliphatic heterocycles.